The number of para-hydroxylation sites is 1. The fourth-order valence-electron chi connectivity index (χ4n) is 2.00. The van der Waals surface area contributed by atoms with Gasteiger partial charge in [-0.25, -0.2) is 0 Å². The fourth-order valence-corrected chi connectivity index (χ4v) is 3.23. The van der Waals surface area contributed by atoms with E-state index < -0.39 is 14.3 Å². The van der Waals surface area contributed by atoms with Crippen LogP contribution >= 0.6 is 8.17 Å². The summed E-state index contributed by atoms with van der Waals surface area (Å²) in [7, 11) is -2.15. The van der Waals surface area contributed by atoms with Crippen LogP contribution in [0.1, 0.15) is 25.5 Å². The minimum Gasteiger partial charge on any atom is -0.496 e. The van der Waals surface area contributed by atoms with Gasteiger partial charge in [-0.3, -0.25) is 9.05 Å². The lowest BCUT2D eigenvalue weighted by molar-refractivity contribution is -0.0640. The summed E-state index contributed by atoms with van der Waals surface area (Å²) in [5, 5.41) is 0. The zero-order chi connectivity index (χ0) is 13.4. The summed E-state index contributed by atoms with van der Waals surface area (Å²) in [6.45, 7) is 4.11. The van der Waals surface area contributed by atoms with Crippen molar-refractivity contribution >= 4 is 8.17 Å². The molecule has 1 saturated heterocycles. The Morgan fingerprint density at radius 2 is 2.00 bits per heavy atom. The van der Waals surface area contributed by atoms with E-state index in [0.29, 0.717) is 5.75 Å². The zero-order valence-corrected chi connectivity index (χ0v) is 11.6. The van der Waals surface area contributed by atoms with Gasteiger partial charge in [0.1, 0.15) is 11.9 Å². The van der Waals surface area contributed by atoms with Gasteiger partial charge in [-0.05, 0) is 6.07 Å². The molecule has 0 saturated carbocycles. The third kappa shape index (κ3) is 2.66. The Morgan fingerprint density at radius 1 is 1.33 bits per heavy atom. The highest BCUT2D eigenvalue weighted by Gasteiger charge is 2.46. The molecule has 1 fully saturated rings. The van der Waals surface area contributed by atoms with E-state index in [9.17, 15) is 9.79 Å². The smallest absolute Gasteiger partial charge is 0.375 e. The first kappa shape index (κ1) is 13.7. The van der Waals surface area contributed by atoms with Crippen LogP contribution in [-0.2, 0) is 9.05 Å². The van der Waals surface area contributed by atoms with Crippen molar-refractivity contribution in [1.82, 2.24) is 0 Å². The predicted octanol–water partition coefficient (Wildman–Crippen LogP) is 2.47. The third-order valence-electron chi connectivity index (χ3n) is 2.98. The van der Waals surface area contributed by atoms with E-state index in [1.165, 1.54) is 0 Å². The van der Waals surface area contributed by atoms with Crippen molar-refractivity contribution < 1.29 is 23.6 Å². The van der Waals surface area contributed by atoms with Gasteiger partial charge in [0.05, 0.1) is 13.7 Å². The van der Waals surface area contributed by atoms with Crippen molar-refractivity contribution in [1.29, 1.82) is 0 Å². The van der Waals surface area contributed by atoms with Crippen molar-refractivity contribution in [2.75, 3.05) is 13.7 Å². The highest BCUT2D eigenvalue weighted by Crippen LogP contribution is 2.64. The lowest BCUT2D eigenvalue weighted by atomic mass is 9.83. The summed E-state index contributed by atoms with van der Waals surface area (Å²) in [6.07, 6.45) is -0.481. The van der Waals surface area contributed by atoms with Crippen LogP contribution in [0.4, 0.5) is 0 Å². The van der Waals surface area contributed by atoms with Gasteiger partial charge in [-0.1, -0.05) is 32.0 Å². The van der Waals surface area contributed by atoms with Crippen LogP contribution in [0, 0.1) is 5.41 Å². The van der Waals surface area contributed by atoms with Gasteiger partial charge < -0.3 is 14.5 Å². The molecule has 5 nitrogen and oxygen atoms in total. The minimum atomic E-state index is -3.72. The zero-order valence-electron chi connectivity index (χ0n) is 10.7. The Morgan fingerprint density at radius 3 is 2.67 bits per heavy atom. The van der Waals surface area contributed by atoms with Crippen LogP contribution in [0.3, 0.4) is 0 Å². The highest BCUT2D eigenvalue weighted by molar-refractivity contribution is 7.54. The molecule has 0 amide bonds. The van der Waals surface area contributed by atoms with Gasteiger partial charge >= 0.3 is 8.17 Å². The van der Waals surface area contributed by atoms with E-state index >= 15 is 0 Å². The van der Waals surface area contributed by atoms with Gasteiger partial charge in [0.15, 0.2) is 0 Å². The van der Waals surface area contributed by atoms with Gasteiger partial charge in [0.25, 0.3) is 0 Å². The molecule has 0 spiro atoms. The summed E-state index contributed by atoms with van der Waals surface area (Å²) in [5.74, 6) is 0.664. The molecular weight excluding hydrogens is 255 g/mol. The summed E-state index contributed by atoms with van der Waals surface area (Å²) in [5.41, 5.74) is 0.421. The molecule has 0 aliphatic carbocycles. The molecule has 1 unspecified atom stereocenters. The van der Waals surface area contributed by atoms with Gasteiger partial charge in [0.2, 0.25) is 0 Å². The Balaban J connectivity index is 2.39. The standard InChI is InChI=1S/C12H18O5P/c1-12(2)8-16-18(13,14)17-11(12)9-6-4-5-7-10(9)15-3/h4-7,11,13-14H,8H2,1-3H3. The van der Waals surface area contributed by atoms with Crippen molar-refractivity contribution in [2.24, 2.45) is 5.41 Å². The van der Waals surface area contributed by atoms with E-state index in [0.717, 1.165) is 5.56 Å². The maximum Gasteiger partial charge on any atom is 0.375 e. The molecule has 1 radical (unpaired) electrons. The molecule has 1 atom stereocenters. The second-order valence-electron chi connectivity index (χ2n) is 4.98. The lowest BCUT2D eigenvalue weighted by Gasteiger charge is -2.43. The Bertz CT molecular complexity index is 432. The molecular formula is C12H18O5P. The molecule has 18 heavy (non-hydrogen) atoms. The van der Waals surface area contributed by atoms with E-state index in [4.69, 9.17) is 13.8 Å². The third-order valence-corrected chi connectivity index (χ3v) is 3.93. The first-order chi connectivity index (χ1) is 8.36. The molecule has 101 valence electrons. The molecule has 1 aliphatic heterocycles. The van der Waals surface area contributed by atoms with Crippen molar-refractivity contribution in [2.45, 2.75) is 20.0 Å². The van der Waals surface area contributed by atoms with Crippen LogP contribution in [0.15, 0.2) is 24.3 Å². The summed E-state index contributed by atoms with van der Waals surface area (Å²) in [6, 6.07) is 7.40. The number of rotatable bonds is 2. The summed E-state index contributed by atoms with van der Waals surface area (Å²) < 4.78 is 15.6. The normalized spacial score (nSPS) is 25.7. The molecule has 1 aliphatic rings. The van der Waals surface area contributed by atoms with Crippen LogP contribution in [0.25, 0.3) is 0 Å². The first-order valence-electron chi connectivity index (χ1n) is 5.66. The van der Waals surface area contributed by atoms with Crippen LogP contribution in [-0.4, -0.2) is 23.5 Å². The first-order valence-corrected chi connectivity index (χ1v) is 7.19. The van der Waals surface area contributed by atoms with Gasteiger partial charge in [-0.2, -0.15) is 0 Å². The van der Waals surface area contributed by atoms with Crippen LogP contribution in [0.5, 0.6) is 5.75 Å². The average Bonchev–Trinajstić information content (AvgIpc) is 2.33. The van der Waals surface area contributed by atoms with Crippen LogP contribution < -0.4 is 4.74 Å². The topological polar surface area (TPSA) is 68.2 Å². The largest absolute Gasteiger partial charge is 0.496 e. The molecule has 2 rings (SSSR count). The van der Waals surface area contributed by atoms with Crippen LogP contribution in [0.2, 0.25) is 0 Å². The Labute approximate surface area is 107 Å². The Kier molecular flexibility index (Phi) is 3.63. The molecule has 0 aromatic heterocycles. The van der Waals surface area contributed by atoms with E-state index in [-0.39, 0.29) is 12.0 Å². The van der Waals surface area contributed by atoms with E-state index in [1.54, 1.807) is 7.11 Å². The van der Waals surface area contributed by atoms with Crippen molar-refractivity contribution in [3.63, 3.8) is 0 Å². The average molecular weight is 273 g/mol. The molecule has 2 N–H and O–H groups in total. The summed E-state index contributed by atoms with van der Waals surface area (Å²) in [4.78, 5) is 19.2. The molecule has 1 aromatic carbocycles. The number of hydrogen-bond donors (Lipinski definition) is 2. The summed E-state index contributed by atoms with van der Waals surface area (Å²) >= 11 is 0. The van der Waals surface area contributed by atoms with Gasteiger partial charge in [-0.15, -0.1) is 0 Å². The van der Waals surface area contributed by atoms with Crippen molar-refractivity contribution in [3.05, 3.63) is 29.8 Å². The minimum absolute atomic E-state index is 0.219. The number of benzene rings is 1. The quantitative estimate of drug-likeness (QED) is 0.810. The maximum atomic E-state index is 9.58. The van der Waals surface area contributed by atoms with Crippen molar-refractivity contribution in [3.8, 4) is 5.75 Å². The predicted molar refractivity (Wildman–Crippen MR) is 67.9 cm³/mol. The number of hydrogen-bond acceptors (Lipinski definition) is 5. The molecule has 1 heterocycles. The monoisotopic (exact) mass is 273 g/mol. The second-order valence-corrected chi connectivity index (χ2v) is 6.43. The second kappa shape index (κ2) is 4.76. The number of ether oxygens (including phenoxy) is 1. The maximum absolute atomic E-state index is 9.58. The highest BCUT2D eigenvalue weighted by atomic mass is 31.2. The SMILES string of the molecule is COc1ccccc1C1O[P](O)(O)OCC1(C)C. The van der Waals surface area contributed by atoms with Gasteiger partial charge in [0, 0.05) is 11.0 Å². The molecule has 6 heteroatoms. The molecule has 1 aromatic rings. The number of methoxy groups -OCH3 is 1. The van der Waals surface area contributed by atoms with E-state index in [1.807, 2.05) is 38.1 Å². The fraction of sp³-hybridized carbons (Fsp3) is 0.500. The lowest BCUT2D eigenvalue weighted by Crippen LogP contribution is -2.34. The molecule has 0 bridgehead atoms. The van der Waals surface area contributed by atoms with E-state index in [2.05, 4.69) is 0 Å². The Hall–Kier alpha value is -0.710.